The number of imidazole rings is 1. The molecule has 0 radical (unpaired) electrons. The van der Waals surface area contributed by atoms with Crippen molar-refractivity contribution in [2.45, 2.75) is 0 Å². The third-order valence-electron chi connectivity index (χ3n) is 1.13. The number of H-pyrrole nitrogens is 1. The summed E-state index contributed by atoms with van der Waals surface area (Å²) in [5.41, 5.74) is 1.76. The summed E-state index contributed by atoms with van der Waals surface area (Å²) in [4.78, 5) is 6.79. The monoisotopic (exact) mass is 152 g/mol. The van der Waals surface area contributed by atoms with E-state index in [1.54, 1.807) is 12.5 Å². The van der Waals surface area contributed by atoms with Crippen molar-refractivity contribution in [3.8, 4) is 11.4 Å². The lowest BCUT2D eigenvalue weighted by Gasteiger charge is -1.82. The molecular formula is C5H4N4S. The number of aromatic nitrogens is 4. The van der Waals surface area contributed by atoms with Gasteiger partial charge in [-0.05, 0) is 11.5 Å². The van der Waals surface area contributed by atoms with Crippen LogP contribution in [0.15, 0.2) is 17.9 Å². The van der Waals surface area contributed by atoms with Crippen molar-refractivity contribution in [1.29, 1.82) is 0 Å². The van der Waals surface area contributed by atoms with E-state index in [2.05, 4.69) is 19.6 Å². The highest BCUT2D eigenvalue weighted by molar-refractivity contribution is 7.03. The molecule has 0 aliphatic heterocycles. The molecule has 0 fully saturated rings. The van der Waals surface area contributed by atoms with E-state index in [0.29, 0.717) is 0 Å². The molecule has 2 rings (SSSR count). The van der Waals surface area contributed by atoms with E-state index in [1.165, 1.54) is 11.5 Å². The summed E-state index contributed by atoms with van der Waals surface area (Å²) < 4.78 is 3.72. The van der Waals surface area contributed by atoms with Crippen LogP contribution in [0.4, 0.5) is 0 Å². The normalized spacial score (nSPS) is 10.0. The summed E-state index contributed by atoms with van der Waals surface area (Å²) in [7, 11) is 0. The molecule has 5 heteroatoms. The number of hydrogen-bond donors (Lipinski definition) is 1. The Morgan fingerprint density at radius 2 is 2.50 bits per heavy atom. The van der Waals surface area contributed by atoms with E-state index >= 15 is 0 Å². The van der Waals surface area contributed by atoms with Gasteiger partial charge in [0, 0.05) is 5.38 Å². The molecule has 0 aliphatic carbocycles. The highest BCUT2D eigenvalue weighted by atomic mass is 32.1. The molecule has 10 heavy (non-hydrogen) atoms. The van der Waals surface area contributed by atoms with Gasteiger partial charge in [0.1, 0.15) is 5.69 Å². The van der Waals surface area contributed by atoms with Crippen molar-refractivity contribution in [2.75, 3.05) is 0 Å². The maximum Gasteiger partial charge on any atom is 0.123 e. The summed E-state index contributed by atoms with van der Waals surface area (Å²) >= 11 is 1.33. The number of rotatable bonds is 1. The Bertz CT molecular complexity index is 253. The van der Waals surface area contributed by atoms with Crippen molar-refractivity contribution < 1.29 is 0 Å². The molecule has 0 amide bonds. The van der Waals surface area contributed by atoms with E-state index in [1.807, 2.05) is 5.38 Å². The quantitative estimate of drug-likeness (QED) is 0.661. The van der Waals surface area contributed by atoms with Gasteiger partial charge in [-0.1, -0.05) is 4.49 Å². The highest BCUT2D eigenvalue weighted by Crippen LogP contribution is 2.12. The number of aromatic amines is 1. The van der Waals surface area contributed by atoms with Crippen molar-refractivity contribution >= 4 is 11.5 Å². The Morgan fingerprint density at radius 1 is 1.50 bits per heavy atom. The van der Waals surface area contributed by atoms with Gasteiger partial charge in [0.25, 0.3) is 0 Å². The molecule has 50 valence electrons. The fourth-order valence-corrected chi connectivity index (χ4v) is 1.13. The van der Waals surface area contributed by atoms with E-state index in [4.69, 9.17) is 0 Å². The second kappa shape index (κ2) is 2.18. The van der Waals surface area contributed by atoms with E-state index in [9.17, 15) is 0 Å². The molecule has 0 spiro atoms. The van der Waals surface area contributed by atoms with Gasteiger partial charge < -0.3 is 4.98 Å². The highest BCUT2D eigenvalue weighted by Gasteiger charge is 1.99. The van der Waals surface area contributed by atoms with Gasteiger partial charge in [0.15, 0.2) is 0 Å². The second-order valence-corrected chi connectivity index (χ2v) is 2.37. The van der Waals surface area contributed by atoms with Crippen LogP contribution in [0.25, 0.3) is 11.4 Å². The molecule has 2 heterocycles. The largest absolute Gasteiger partial charge is 0.343 e. The zero-order valence-corrected chi connectivity index (χ0v) is 5.80. The van der Waals surface area contributed by atoms with Crippen LogP contribution in [0.2, 0.25) is 0 Å². The molecule has 4 nitrogen and oxygen atoms in total. The fourth-order valence-electron chi connectivity index (χ4n) is 0.678. The summed E-state index contributed by atoms with van der Waals surface area (Å²) in [6.45, 7) is 0. The van der Waals surface area contributed by atoms with Gasteiger partial charge in [-0.15, -0.1) is 5.10 Å². The molecule has 2 aromatic heterocycles. The lowest BCUT2D eigenvalue weighted by atomic mass is 10.4. The van der Waals surface area contributed by atoms with Crippen LogP contribution in [0.5, 0.6) is 0 Å². The Kier molecular flexibility index (Phi) is 1.21. The average molecular weight is 152 g/mol. The predicted molar refractivity (Wildman–Crippen MR) is 37.5 cm³/mol. The van der Waals surface area contributed by atoms with Gasteiger partial charge in [-0.25, -0.2) is 4.98 Å². The Balaban J connectivity index is 2.48. The van der Waals surface area contributed by atoms with Crippen LogP contribution in [-0.2, 0) is 0 Å². The summed E-state index contributed by atoms with van der Waals surface area (Å²) in [5.74, 6) is 0. The smallest absolute Gasteiger partial charge is 0.123 e. The van der Waals surface area contributed by atoms with Crippen molar-refractivity contribution in [3.63, 3.8) is 0 Å². The standard InChI is InChI=1S/C5H4N4S/c1-4(7-3-6-1)5-2-10-9-8-5/h1-3H,(H,6,7). The molecule has 0 atom stereocenters. The minimum absolute atomic E-state index is 0.850. The van der Waals surface area contributed by atoms with Gasteiger partial charge in [0.05, 0.1) is 18.2 Å². The molecule has 0 saturated carbocycles. The SMILES string of the molecule is c1ncc(-c2csnn2)[nH]1. The van der Waals surface area contributed by atoms with Crippen LogP contribution in [0.3, 0.4) is 0 Å². The van der Waals surface area contributed by atoms with Crippen LogP contribution in [0, 0.1) is 0 Å². The summed E-state index contributed by atoms with van der Waals surface area (Å²) in [6, 6.07) is 0. The van der Waals surface area contributed by atoms with Crippen LogP contribution >= 0.6 is 11.5 Å². The molecule has 1 N–H and O–H groups in total. The van der Waals surface area contributed by atoms with Gasteiger partial charge in [0.2, 0.25) is 0 Å². The third-order valence-corrected chi connectivity index (χ3v) is 1.64. The number of nitrogens with one attached hydrogen (secondary N) is 1. The van der Waals surface area contributed by atoms with Crippen LogP contribution in [-0.4, -0.2) is 19.6 Å². The first-order chi connectivity index (χ1) is 4.97. The van der Waals surface area contributed by atoms with Gasteiger partial charge in [-0.2, -0.15) is 0 Å². The van der Waals surface area contributed by atoms with Crippen LogP contribution < -0.4 is 0 Å². The molecule has 0 aliphatic rings. The number of hydrogen-bond acceptors (Lipinski definition) is 4. The predicted octanol–water partition coefficient (Wildman–Crippen LogP) is 0.928. The molecule has 0 bridgehead atoms. The van der Waals surface area contributed by atoms with Crippen molar-refractivity contribution in [3.05, 3.63) is 17.9 Å². The van der Waals surface area contributed by atoms with Crippen molar-refractivity contribution in [1.82, 2.24) is 19.6 Å². The lowest BCUT2D eigenvalue weighted by Crippen LogP contribution is -1.75. The Labute approximate surface area is 61.1 Å². The third kappa shape index (κ3) is 0.801. The first-order valence-corrected chi connectivity index (χ1v) is 3.56. The maximum atomic E-state index is 3.86. The summed E-state index contributed by atoms with van der Waals surface area (Å²) in [6.07, 6.45) is 3.34. The Morgan fingerprint density at radius 3 is 3.10 bits per heavy atom. The zero-order chi connectivity index (χ0) is 6.81. The first-order valence-electron chi connectivity index (χ1n) is 2.72. The minimum atomic E-state index is 0.850. The van der Waals surface area contributed by atoms with Gasteiger partial charge in [-0.3, -0.25) is 0 Å². The molecule has 0 saturated heterocycles. The van der Waals surface area contributed by atoms with E-state index in [0.717, 1.165) is 11.4 Å². The lowest BCUT2D eigenvalue weighted by molar-refractivity contribution is 1.15. The van der Waals surface area contributed by atoms with E-state index < -0.39 is 0 Å². The number of nitrogens with zero attached hydrogens (tertiary/aromatic N) is 3. The zero-order valence-electron chi connectivity index (χ0n) is 4.98. The van der Waals surface area contributed by atoms with Gasteiger partial charge >= 0.3 is 0 Å². The molecule has 2 aromatic rings. The fraction of sp³-hybridized carbons (Fsp3) is 0. The molecule has 0 aromatic carbocycles. The van der Waals surface area contributed by atoms with Crippen LogP contribution in [0.1, 0.15) is 0 Å². The minimum Gasteiger partial charge on any atom is -0.343 e. The van der Waals surface area contributed by atoms with E-state index in [-0.39, 0.29) is 0 Å². The maximum absolute atomic E-state index is 3.86. The topological polar surface area (TPSA) is 54.5 Å². The van der Waals surface area contributed by atoms with Crippen molar-refractivity contribution in [2.24, 2.45) is 0 Å². The molecule has 0 unspecified atom stereocenters. The molecular weight excluding hydrogens is 148 g/mol. The average Bonchev–Trinajstić information content (AvgIpc) is 2.59. The Hall–Kier alpha value is -1.23. The second-order valence-electron chi connectivity index (χ2n) is 1.76. The first kappa shape index (κ1) is 5.55. The summed E-state index contributed by atoms with van der Waals surface area (Å²) in [5, 5.41) is 5.72.